The molecule has 0 saturated heterocycles. The van der Waals surface area contributed by atoms with E-state index in [0.717, 1.165) is 7.11 Å². The van der Waals surface area contributed by atoms with Gasteiger partial charge in [0.15, 0.2) is 0 Å². The summed E-state index contributed by atoms with van der Waals surface area (Å²) < 4.78 is 14.9. The first-order valence-corrected chi connectivity index (χ1v) is 7.05. The summed E-state index contributed by atoms with van der Waals surface area (Å²) in [7, 11) is 1.16. The smallest absolute Gasteiger partial charge is 0.324 e. The number of carbonyl (C=O) groups excluding carboxylic acids is 3. The van der Waals surface area contributed by atoms with Gasteiger partial charge >= 0.3 is 17.9 Å². The molecule has 0 aliphatic carbocycles. The van der Waals surface area contributed by atoms with Crippen LogP contribution in [0.2, 0.25) is 0 Å². The zero-order chi connectivity index (χ0) is 17.7. The molecule has 0 amide bonds. The molecular formula is C15H27NO6. The SMILES string of the molecule is COC(=O)[C@H](CC(=O)OC(C)(C)C)[C@H](N)C(=O)OC(C)(C)C. The molecule has 0 aromatic heterocycles. The van der Waals surface area contributed by atoms with Gasteiger partial charge in [0, 0.05) is 0 Å². The minimum absolute atomic E-state index is 0.357. The van der Waals surface area contributed by atoms with Gasteiger partial charge in [-0.1, -0.05) is 0 Å². The van der Waals surface area contributed by atoms with Gasteiger partial charge in [-0.15, -0.1) is 0 Å². The van der Waals surface area contributed by atoms with Crippen LogP contribution < -0.4 is 5.73 Å². The van der Waals surface area contributed by atoms with Gasteiger partial charge in [0.2, 0.25) is 0 Å². The van der Waals surface area contributed by atoms with Gasteiger partial charge in [-0.05, 0) is 41.5 Å². The van der Waals surface area contributed by atoms with Gasteiger partial charge < -0.3 is 19.9 Å². The summed E-state index contributed by atoms with van der Waals surface area (Å²) in [6.07, 6.45) is -0.357. The van der Waals surface area contributed by atoms with Crippen LogP contribution in [0.15, 0.2) is 0 Å². The van der Waals surface area contributed by atoms with Crippen molar-refractivity contribution >= 4 is 17.9 Å². The highest BCUT2D eigenvalue weighted by Gasteiger charge is 2.37. The fourth-order valence-corrected chi connectivity index (χ4v) is 1.61. The third-order valence-electron chi connectivity index (χ3n) is 2.42. The number of carbonyl (C=O) groups is 3. The number of methoxy groups -OCH3 is 1. The summed E-state index contributed by atoms with van der Waals surface area (Å²) in [5.41, 5.74) is 4.32. The Labute approximate surface area is 131 Å². The van der Waals surface area contributed by atoms with Gasteiger partial charge in [0.1, 0.15) is 17.2 Å². The fraction of sp³-hybridized carbons (Fsp3) is 0.800. The quantitative estimate of drug-likeness (QED) is 0.599. The molecule has 0 unspecified atom stereocenters. The summed E-state index contributed by atoms with van der Waals surface area (Å²) in [6, 6.07) is -1.31. The summed E-state index contributed by atoms with van der Waals surface area (Å²) in [5, 5.41) is 0. The first-order valence-electron chi connectivity index (χ1n) is 7.05. The Kier molecular flexibility index (Phi) is 7.02. The number of ether oxygens (including phenoxy) is 3. The van der Waals surface area contributed by atoms with E-state index >= 15 is 0 Å². The molecule has 0 aliphatic rings. The van der Waals surface area contributed by atoms with Crippen molar-refractivity contribution in [3.63, 3.8) is 0 Å². The standard InChI is InChI=1S/C15H27NO6/c1-14(2,3)21-10(17)8-9(12(18)20-7)11(16)13(19)22-15(4,5)6/h9,11H,8,16H2,1-7H3/t9-,11+/m1/s1. The van der Waals surface area contributed by atoms with E-state index in [1.54, 1.807) is 41.5 Å². The largest absolute Gasteiger partial charge is 0.469 e. The van der Waals surface area contributed by atoms with Crippen LogP contribution in [-0.4, -0.2) is 42.3 Å². The van der Waals surface area contributed by atoms with E-state index in [0.29, 0.717) is 0 Å². The number of hydrogen-bond acceptors (Lipinski definition) is 7. The lowest BCUT2D eigenvalue weighted by molar-refractivity contribution is -0.167. The summed E-state index contributed by atoms with van der Waals surface area (Å²) >= 11 is 0. The van der Waals surface area contributed by atoms with Crippen molar-refractivity contribution in [1.82, 2.24) is 0 Å². The van der Waals surface area contributed by atoms with Gasteiger partial charge in [0.25, 0.3) is 0 Å². The van der Waals surface area contributed by atoms with E-state index in [1.165, 1.54) is 0 Å². The second kappa shape index (κ2) is 7.58. The van der Waals surface area contributed by atoms with Crippen molar-refractivity contribution in [2.24, 2.45) is 11.7 Å². The van der Waals surface area contributed by atoms with Crippen molar-refractivity contribution in [1.29, 1.82) is 0 Å². The van der Waals surface area contributed by atoms with Crippen LogP contribution in [0.3, 0.4) is 0 Å². The van der Waals surface area contributed by atoms with E-state index < -0.39 is 41.1 Å². The van der Waals surface area contributed by atoms with Gasteiger partial charge in [-0.3, -0.25) is 14.4 Å². The molecule has 0 saturated carbocycles. The van der Waals surface area contributed by atoms with Crippen molar-refractivity contribution < 1.29 is 28.6 Å². The minimum Gasteiger partial charge on any atom is -0.469 e. The summed E-state index contributed by atoms with van der Waals surface area (Å²) in [6.45, 7) is 10.1. The molecule has 0 bridgehead atoms. The third-order valence-corrected chi connectivity index (χ3v) is 2.42. The number of hydrogen-bond donors (Lipinski definition) is 1. The second-order valence-electron chi connectivity index (χ2n) is 6.98. The molecular weight excluding hydrogens is 290 g/mol. The summed E-state index contributed by atoms with van der Waals surface area (Å²) in [5.74, 6) is -3.33. The predicted molar refractivity (Wildman–Crippen MR) is 79.8 cm³/mol. The zero-order valence-corrected chi connectivity index (χ0v) is 14.4. The fourth-order valence-electron chi connectivity index (χ4n) is 1.61. The lowest BCUT2D eigenvalue weighted by Gasteiger charge is -2.26. The number of esters is 3. The van der Waals surface area contributed by atoms with Gasteiger partial charge in [-0.25, -0.2) is 0 Å². The van der Waals surface area contributed by atoms with Gasteiger partial charge in [0.05, 0.1) is 19.4 Å². The molecule has 128 valence electrons. The van der Waals surface area contributed by atoms with Crippen molar-refractivity contribution in [3.05, 3.63) is 0 Å². The molecule has 0 heterocycles. The molecule has 0 rings (SSSR count). The van der Waals surface area contributed by atoms with E-state index in [-0.39, 0.29) is 6.42 Å². The van der Waals surface area contributed by atoms with E-state index in [2.05, 4.69) is 4.74 Å². The van der Waals surface area contributed by atoms with Crippen LogP contribution in [0.25, 0.3) is 0 Å². The highest BCUT2D eigenvalue weighted by molar-refractivity contribution is 5.88. The highest BCUT2D eigenvalue weighted by Crippen LogP contribution is 2.18. The Hall–Kier alpha value is -1.63. The molecule has 0 aromatic carbocycles. The maximum absolute atomic E-state index is 12.0. The van der Waals surface area contributed by atoms with Crippen LogP contribution in [0.1, 0.15) is 48.0 Å². The molecule has 22 heavy (non-hydrogen) atoms. The lowest BCUT2D eigenvalue weighted by Crippen LogP contribution is -2.47. The van der Waals surface area contributed by atoms with Crippen LogP contribution in [0.5, 0.6) is 0 Å². The first kappa shape index (κ1) is 20.4. The first-order chi connectivity index (χ1) is 9.76. The number of rotatable bonds is 5. The monoisotopic (exact) mass is 317 g/mol. The van der Waals surface area contributed by atoms with E-state index in [4.69, 9.17) is 15.2 Å². The highest BCUT2D eigenvalue weighted by atomic mass is 16.6. The average molecular weight is 317 g/mol. The third kappa shape index (κ3) is 7.97. The van der Waals surface area contributed by atoms with Crippen LogP contribution >= 0.6 is 0 Å². The molecule has 0 aromatic rings. The average Bonchev–Trinajstić information content (AvgIpc) is 2.29. The Morgan fingerprint density at radius 3 is 1.73 bits per heavy atom. The maximum atomic E-state index is 12.0. The van der Waals surface area contributed by atoms with Gasteiger partial charge in [-0.2, -0.15) is 0 Å². The molecule has 2 atom stereocenters. The molecule has 0 aliphatic heterocycles. The van der Waals surface area contributed by atoms with Crippen molar-refractivity contribution in [2.75, 3.05) is 7.11 Å². The van der Waals surface area contributed by atoms with Crippen LogP contribution in [0.4, 0.5) is 0 Å². The Morgan fingerprint density at radius 1 is 0.909 bits per heavy atom. The molecule has 0 fully saturated rings. The van der Waals surface area contributed by atoms with E-state index in [1.807, 2.05) is 0 Å². The number of nitrogens with two attached hydrogens (primary N) is 1. The Balaban J connectivity index is 5.02. The molecule has 7 nitrogen and oxygen atoms in total. The van der Waals surface area contributed by atoms with E-state index in [9.17, 15) is 14.4 Å². The van der Waals surface area contributed by atoms with Crippen molar-refractivity contribution in [2.45, 2.75) is 65.2 Å². The molecule has 0 spiro atoms. The maximum Gasteiger partial charge on any atom is 0.324 e. The molecule has 7 heteroatoms. The Bertz CT molecular complexity index is 419. The topological polar surface area (TPSA) is 105 Å². The predicted octanol–water partition coefficient (Wildman–Crippen LogP) is 1.18. The molecule has 0 radical (unpaired) electrons. The zero-order valence-electron chi connectivity index (χ0n) is 14.4. The lowest BCUT2D eigenvalue weighted by atomic mass is 9.96. The van der Waals surface area contributed by atoms with Crippen LogP contribution in [-0.2, 0) is 28.6 Å². The summed E-state index contributed by atoms with van der Waals surface area (Å²) in [4.78, 5) is 35.7. The second-order valence-corrected chi connectivity index (χ2v) is 6.98. The minimum atomic E-state index is -1.31. The normalized spacial score (nSPS) is 14.7. The molecule has 2 N–H and O–H groups in total. The van der Waals surface area contributed by atoms with Crippen LogP contribution in [0, 0.1) is 5.92 Å². The Morgan fingerprint density at radius 2 is 1.36 bits per heavy atom. The van der Waals surface area contributed by atoms with Crippen molar-refractivity contribution in [3.8, 4) is 0 Å².